The molecule has 20 heavy (non-hydrogen) atoms. The van der Waals surface area contributed by atoms with Gasteiger partial charge in [0.25, 0.3) is 5.91 Å². The van der Waals surface area contributed by atoms with E-state index in [1.165, 1.54) is 6.92 Å². The molecular formula is C13H14F2N2O3. The van der Waals surface area contributed by atoms with Gasteiger partial charge in [0.2, 0.25) is 5.95 Å². The van der Waals surface area contributed by atoms with Gasteiger partial charge in [-0.15, -0.1) is 0 Å². The third-order valence-corrected chi connectivity index (χ3v) is 3.84. The fourth-order valence-corrected chi connectivity index (χ4v) is 2.48. The monoisotopic (exact) mass is 284 g/mol. The minimum absolute atomic E-state index is 0.431. The molecule has 0 aliphatic heterocycles. The lowest BCUT2D eigenvalue weighted by atomic mass is 9.85. The molecule has 1 fully saturated rings. The molecule has 2 rings (SSSR count). The Morgan fingerprint density at radius 3 is 2.85 bits per heavy atom. The summed E-state index contributed by atoms with van der Waals surface area (Å²) >= 11 is 0. The molecule has 0 aromatic carbocycles. The molecule has 1 aliphatic carbocycles. The molecule has 0 saturated heterocycles. The van der Waals surface area contributed by atoms with E-state index in [0.29, 0.717) is 19.3 Å². The van der Waals surface area contributed by atoms with Crippen LogP contribution in [0.1, 0.15) is 36.5 Å². The highest BCUT2D eigenvalue weighted by Crippen LogP contribution is 2.38. The highest BCUT2D eigenvalue weighted by molar-refractivity contribution is 5.95. The molecule has 0 bridgehead atoms. The number of carbonyl (C=O) groups is 2. The zero-order chi connectivity index (χ0) is 14.9. The summed E-state index contributed by atoms with van der Waals surface area (Å²) in [6.07, 6.45) is 2.56. The smallest absolute Gasteiger partial charge is 0.311 e. The second kappa shape index (κ2) is 5.15. The number of pyridine rings is 1. The summed E-state index contributed by atoms with van der Waals surface area (Å²) in [4.78, 5) is 26.3. The Hall–Kier alpha value is -2.05. The first kappa shape index (κ1) is 14.4. The molecule has 2 unspecified atom stereocenters. The van der Waals surface area contributed by atoms with Crippen LogP contribution in [-0.2, 0) is 4.79 Å². The van der Waals surface area contributed by atoms with Crippen molar-refractivity contribution in [2.45, 2.75) is 32.2 Å². The Balaban J connectivity index is 2.20. The normalized spacial score (nSPS) is 25.4. The molecule has 0 radical (unpaired) electrons. The summed E-state index contributed by atoms with van der Waals surface area (Å²) < 4.78 is 26.4. The second-order valence-corrected chi connectivity index (χ2v) is 5.10. The first-order chi connectivity index (χ1) is 9.36. The van der Waals surface area contributed by atoms with Crippen molar-refractivity contribution in [1.82, 2.24) is 10.3 Å². The van der Waals surface area contributed by atoms with Gasteiger partial charge in [0.05, 0.1) is 11.0 Å². The van der Waals surface area contributed by atoms with Crippen molar-refractivity contribution < 1.29 is 23.5 Å². The molecule has 7 heteroatoms. The maximum Gasteiger partial charge on any atom is 0.311 e. The van der Waals surface area contributed by atoms with Crippen LogP contribution >= 0.6 is 0 Å². The van der Waals surface area contributed by atoms with Crippen LogP contribution in [0.15, 0.2) is 12.3 Å². The first-order valence-corrected chi connectivity index (χ1v) is 6.20. The second-order valence-electron chi connectivity index (χ2n) is 5.10. The number of nitrogens with one attached hydrogen (secondary N) is 1. The maximum atomic E-state index is 13.5. The van der Waals surface area contributed by atoms with E-state index in [4.69, 9.17) is 0 Å². The standard InChI is InChI=1S/C13H14F2N2O3/c1-13(12(19)20)5-2-3-8(13)17-11(18)7-4-6-16-10(15)9(7)14/h4,6,8H,2-3,5H2,1H3,(H,17,18)(H,19,20). The molecule has 1 aromatic rings. The highest BCUT2D eigenvalue weighted by Gasteiger charge is 2.46. The van der Waals surface area contributed by atoms with E-state index in [2.05, 4.69) is 10.3 Å². The molecule has 2 atom stereocenters. The number of carboxylic acids is 1. The van der Waals surface area contributed by atoms with Crippen LogP contribution in [-0.4, -0.2) is 28.0 Å². The lowest BCUT2D eigenvalue weighted by Crippen LogP contribution is -2.47. The van der Waals surface area contributed by atoms with E-state index in [1.807, 2.05) is 0 Å². The minimum atomic E-state index is -1.36. The summed E-state index contributed by atoms with van der Waals surface area (Å²) in [5, 5.41) is 11.7. The summed E-state index contributed by atoms with van der Waals surface area (Å²) in [7, 11) is 0. The first-order valence-electron chi connectivity index (χ1n) is 6.20. The van der Waals surface area contributed by atoms with E-state index in [9.17, 15) is 23.5 Å². The van der Waals surface area contributed by atoms with E-state index >= 15 is 0 Å². The van der Waals surface area contributed by atoms with Crippen LogP contribution in [0, 0.1) is 17.2 Å². The largest absolute Gasteiger partial charge is 0.481 e. The van der Waals surface area contributed by atoms with Crippen LogP contribution in [0.2, 0.25) is 0 Å². The Bertz CT molecular complexity index is 565. The van der Waals surface area contributed by atoms with Crippen molar-refractivity contribution in [2.24, 2.45) is 5.41 Å². The van der Waals surface area contributed by atoms with Crippen molar-refractivity contribution in [2.75, 3.05) is 0 Å². The van der Waals surface area contributed by atoms with Gasteiger partial charge in [0.15, 0.2) is 5.82 Å². The number of halogens is 2. The zero-order valence-electron chi connectivity index (χ0n) is 10.8. The maximum absolute atomic E-state index is 13.5. The molecule has 2 N–H and O–H groups in total. The SMILES string of the molecule is CC1(C(=O)O)CCCC1NC(=O)c1ccnc(F)c1F. The highest BCUT2D eigenvalue weighted by atomic mass is 19.2. The van der Waals surface area contributed by atoms with Gasteiger partial charge < -0.3 is 10.4 Å². The topological polar surface area (TPSA) is 79.3 Å². The Kier molecular flexibility index (Phi) is 3.69. The fourth-order valence-electron chi connectivity index (χ4n) is 2.48. The number of aromatic nitrogens is 1. The molecule has 1 aromatic heterocycles. The van der Waals surface area contributed by atoms with Gasteiger partial charge in [0, 0.05) is 12.2 Å². The van der Waals surface area contributed by atoms with Gasteiger partial charge in [-0.05, 0) is 25.8 Å². The number of hydrogen-bond acceptors (Lipinski definition) is 3. The van der Waals surface area contributed by atoms with Gasteiger partial charge in [-0.1, -0.05) is 6.42 Å². The van der Waals surface area contributed by atoms with Crippen LogP contribution in [0.5, 0.6) is 0 Å². The van der Waals surface area contributed by atoms with Crippen molar-refractivity contribution in [3.05, 3.63) is 29.6 Å². The number of amides is 1. The van der Waals surface area contributed by atoms with E-state index < -0.39 is 40.7 Å². The number of carboxylic acid groups (broad SMARTS) is 1. The molecule has 1 amide bonds. The molecule has 1 heterocycles. The third-order valence-electron chi connectivity index (χ3n) is 3.84. The number of nitrogens with zero attached hydrogens (tertiary/aromatic N) is 1. The van der Waals surface area contributed by atoms with E-state index in [1.54, 1.807) is 0 Å². The number of rotatable bonds is 3. The average Bonchev–Trinajstić information content (AvgIpc) is 2.75. The summed E-state index contributed by atoms with van der Waals surface area (Å²) in [6.45, 7) is 1.54. The summed E-state index contributed by atoms with van der Waals surface area (Å²) in [5.74, 6) is -4.53. The van der Waals surface area contributed by atoms with Crippen LogP contribution in [0.3, 0.4) is 0 Å². The fraction of sp³-hybridized carbons (Fsp3) is 0.462. The predicted molar refractivity (Wildman–Crippen MR) is 65.0 cm³/mol. The zero-order valence-corrected chi connectivity index (χ0v) is 10.8. The van der Waals surface area contributed by atoms with Gasteiger partial charge in [0.1, 0.15) is 0 Å². The summed E-state index contributed by atoms with van der Waals surface area (Å²) in [5.41, 5.74) is -1.56. The van der Waals surface area contributed by atoms with E-state index in [0.717, 1.165) is 12.3 Å². The van der Waals surface area contributed by atoms with Gasteiger partial charge >= 0.3 is 5.97 Å². The van der Waals surface area contributed by atoms with Gasteiger partial charge in [-0.25, -0.2) is 9.37 Å². The average molecular weight is 284 g/mol. The quantitative estimate of drug-likeness (QED) is 0.828. The lowest BCUT2D eigenvalue weighted by Gasteiger charge is -2.27. The molecule has 0 spiro atoms. The van der Waals surface area contributed by atoms with Crippen molar-refractivity contribution in [3.63, 3.8) is 0 Å². The van der Waals surface area contributed by atoms with E-state index in [-0.39, 0.29) is 0 Å². The van der Waals surface area contributed by atoms with Gasteiger partial charge in [-0.3, -0.25) is 9.59 Å². The number of aliphatic carboxylic acids is 1. The predicted octanol–water partition coefficient (Wildman–Crippen LogP) is 1.73. The molecule has 108 valence electrons. The van der Waals surface area contributed by atoms with Crippen LogP contribution < -0.4 is 5.32 Å². The van der Waals surface area contributed by atoms with Crippen LogP contribution in [0.25, 0.3) is 0 Å². The Morgan fingerprint density at radius 1 is 1.50 bits per heavy atom. The summed E-state index contributed by atoms with van der Waals surface area (Å²) in [6, 6.07) is 0.448. The van der Waals surface area contributed by atoms with Crippen LogP contribution in [0.4, 0.5) is 8.78 Å². The number of hydrogen-bond donors (Lipinski definition) is 2. The lowest BCUT2D eigenvalue weighted by molar-refractivity contribution is -0.148. The van der Waals surface area contributed by atoms with Gasteiger partial charge in [-0.2, -0.15) is 4.39 Å². The molecule has 5 nitrogen and oxygen atoms in total. The molecule has 1 aliphatic rings. The molecular weight excluding hydrogens is 270 g/mol. The molecule has 1 saturated carbocycles. The Labute approximate surface area is 114 Å². The van der Waals surface area contributed by atoms with Crippen molar-refractivity contribution >= 4 is 11.9 Å². The third kappa shape index (κ3) is 2.35. The minimum Gasteiger partial charge on any atom is -0.481 e. The number of carbonyl (C=O) groups excluding carboxylic acids is 1. The Morgan fingerprint density at radius 2 is 2.20 bits per heavy atom. The van der Waals surface area contributed by atoms with Crippen molar-refractivity contribution in [1.29, 1.82) is 0 Å². The van der Waals surface area contributed by atoms with Crippen molar-refractivity contribution in [3.8, 4) is 0 Å².